The first kappa shape index (κ1) is 22.8. The van der Waals surface area contributed by atoms with Crippen molar-refractivity contribution in [1.29, 1.82) is 0 Å². The molecule has 1 fully saturated rings. The van der Waals surface area contributed by atoms with E-state index in [1.54, 1.807) is 20.3 Å². The van der Waals surface area contributed by atoms with Crippen LogP contribution in [0.4, 0.5) is 5.69 Å². The molecule has 0 atom stereocenters. The first-order valence-electron chi connectivity index (χ1n) is 10.0. The molecule has 0 aliphatic carbocycles. The smallest absolute Gasteiger partial charge is 0.264 e. The Labute approximate surface area is 201 Å². The van der Waals surface area contributed by atoms with Crippen LogP contribution in [-0.4, -0.2) is 25.3 Å². The van der Waals surface area contributed by atoms with Gasteiger partial charge in [-0.25, -0.2) is 4.99 Å². The number of amidine groups is 1. The second-order valence-corrected chi connectivity index (χ2v) is 8.44. The Kier molecular flexibility index (Phi) is 7.22. The third-order valence-electron chi connectivity index (χ3n) is 4.77. The third-order valence-corrected chi connectivity index (χ3v) is 5.93. The number of thioether (sulfide) groups is 1. The van der Waals surface area contributed by atoms with Crippen molar-refractivity contribution >= 4 is 46.2 Å². The van der Waals surface area contributed by atoms with Gasteiger partial charge >= 0.3 is 0 Å². The van der Waals surface area contributed by atoms with E-state index in [1.165, 1.54) is 11.8 Å². The van der Waals surface area contributed by atoms with Crippen LogP contribution in [0.5, 0.6) is 17.2 Å². The molecule has 0 spiro atoms. The van der Waals surface area contributed by atoms with Crippen molar-refractivity contribution in [3.8, 4) is 17.2 Å². The summed E-state index contributed by atoms with van der Waals surface area (Å²) < 4.78 is 16.7. The summed E-state index contributed by atoms with van der Waals surface area (Å²) >= 11 is 7.23. The monoisotopic (exact) mass is 480 g/mol. The average molecular weight is 481 g/mol. The van der Waals surface area contributed by atoms with Crippen molar-refractivity contribution in [3.63, 3.8) is 0 Å². The quantitative estimate of drug-likeness (QED) is 0.431. The van der Waals surface area contributed by atoms with E-state index in [1.807, 2.05) is 66.7 Å². The van der Waals surface area contributed by atoms with Crippen LogP contribution >= 0.6 is 23.4 Å². The zero-order valence-corrected chi connectivity index (χ0v) is 19.6. The zero-order valence-electron chi connectivity index (χ0n) is 18.0. The van der Waals surface area contributed by atoms with Gasteiger partial charge < -0.3 is 19.5 Å². The highest BCUT2D eigenvalue weighted by atomic mass is 35.5. The number of nitrogens with zero attached hydrogens (tertiary/aromatic N) is 1. The van der Waals surface area contributed by atoms with Gasteiger partial charge in [0.25, 0.3) is 5.91 Å². The van der Waals surface area contributed by atoms with E-state index in [0.717, 1.165) is 16.9 Å². The molecule has 0 bridgehead atoms. The fourth-order valence-electron chi connectivity index (χ4n) is 3.09. The molecule has 1 N–H and O–H groups in total. The van der Waals surface area contributed by atoms with Crippen LogP contribution in [0.3, 0.4) is 0 Å². The average Bonchev–Trinajstić information content (AvgIpc) is 3.17. The highest BCUT2D eigenvalue weighted by molar-refractivity contribution is 8.18. The van der Waals surface area contributed by atoms with Crippen molar-refractivity contribution in [2.75, 3.05) is 14.2 Å². The number of amides is 1. The molecular weight excluding hydrogens is 460 g/mol. The number of benzene rings is 3. The van der Waals surface area contributed by atoms with Gasteiger partial charge in [0.1, 0.15) is 12.4 Å². The van der Waals surface area contributed by atoms with Gasteiger partial charge in [0.15, 0.2) is 16.7 Å². The Hall–Kier alpha value is -3.42. The number of carbonyl (C=O) groups excluding carboxylic acids is 1. The number of nitrogens with one attached hydrogen (secondary N) is 1. The lowest BCUT2D eigenvalue weighted by Crippen LogP contribution is -2.19. The van der Waals surface area contributed by atoms with Gasteiger partial charge in [-0.1, -0.05) is 35.9 Å². The second kappa shape index (κ2) is 10.5. The molecule has 3 aromatic rings. The minimum absolute atomic E-state index is 0.223. The van der Waals surface area contributed by atoms with Gasteiger partial charge in [-0.2, -0.15) is 0 Å². The molecule has 8 heteroatoms. The SMILES string of the molecule is COc1ccc(N=C2NC(=O)C(=Cc3cccc(OC)c3OCc3ccc(Cl)cc3)S2)cc1. The molecule has 1 amide bonds. The number of hydrogen-bond donors (Lipinski definition) is 1. The van der Waals surface area contributed by atoms with Crippen LogP contribution < -0.4 is 19.5 Å². The van der Waals surface area contributed by atoms with Crippen LogP contribution in [0, 0.1) is 0 Å². The number of methoxy groups -OCH3 is 2. The topological polar surface area (TPSA) is 69.2 Å². The van der Waals surface area contributed by atoms with E-state index in [2.05, 4.69) is 10.3 Å². The van der Waals surface area contributed by atoms with Gasteiger partial charge in [0.05, 0.1) is 24.8 Å². The van der Waals surface area contributed by atoms with Crippen LogP contribution in [-0.2, 0) is 11.4 Å². The maximum absolute atomic E-state index is 12.6. The summed E-state index contributed by atoms with van der Waals surface area (Å²) in [5.41, 5.74) is 2.41. The minimum Gasteiger partial charge on any atom is -0.497 e. The van der Waals surface area contributed by atoms with Crippen molar-refractivity contribution in [3.05, 3.63) is 87.8 Å². The van der Waals surface area contributed by atoms with Gasteiger partial charge in [-0.15, -0.1) is 0 Å². The lowest BCUT2D eigenvalue weighted by Gasteiger charge is -2.14. The molecule has 0 unspecified atom stereocenters. The Balaban J connectivity index is 1.56. The van der Waals surface area contributed by atoms with E-state index < -0.39 is 0 Å². The largest absolute Gasteiger partial charge is 0.497 e. The fraction of sp³-hybridized carbons (Fsp3) is 0.120. The third kappa shape index (κ3) is 5.69. The number of ether oxygens (including phenoxy) is 3. The number of halogens is 1. The summed E-state index contributed by atoms with van der Waals surface area (Å²) in [7, 11) is 3.19. The molecule has 1 saturated heterocycles. The molecular formula is C25H21ClN2O4S. The normalized spacial score (nSPS) is 15.5. The van der Waals surface area contributed by atoms with E-state index >= 15 is 0 Å². The Morgan fingerprint density at radius 2 is 1.76 bits per heavy atom. The van der Waals surface area contributed by atoms with E-state index in [4.69, 9.17) is 25.8 Å². The fourth-order valence-corrected chi connectivity index (χ4v) is 4.05. The summed E-state index contributed by atoms with van der Waals surface area (Å²) in [6.45, 7) is 0.331. The van der Waals surface area contributed by atoms with Gasteiger partial charge in [0.2, 0.25) is 0 Å². The lowest BCUT2D eigenvalue weighted by molar-refractivity contribution is -0.115. The Morgan fingerprint density at radius 1 is 1.00 bits per heavy atom. The summed E-state index contributed by atoms with van der Waals surface area (Å²) in [5.74, 6) is 1.65. The summed E-state index contributed by atoms with van der Waals surface area (Å²) in [6, 6.07) is 20.3. The van der Waals surface area contributed by atoms with Gasteiger partial charge in [-0.3, -0.25) is 4.79 Å². The van der Waals surface area contributed by atoms with Crippen LogP contribution in [0.15, 0.2) is 76.6 Å². The number of rotatable bonds is 7. The second-order valence-electron chi connectivity index (χ2n) is 6.97. The first-order valence-corrected chi connectivity index (χ1v) is 11.2. The molecule has 0 aromatic heterocycles. The van der Waals surface area contributed by atoms with Crippen LogP contribution in [0.25, 0.3) is 6.08 Å². The van der Waals surface area contributed by atoms with Crippen molar-refractivity contribution in [1.82, 2.24) is 5.32 Å². The van der Waals surface area contributed by atoms with Crippen LogP contribution in [0.2, 0.25) is 5.02 Å². The maximum Gasteiger partial charge on any atom is 0.264 e. The highest BCUT2D eigenvalue weighted by Crippen LogP contribution is 2.36. The number of carbonyl (C=O) groups is 1. The van der Waals surface area contributed by atoms with E-state index in [-0.39, 0.29) is 5.91 Å². The molecule has 0 saturated carbocycles. The van der Waals surface area contributed by atoms with Crippen LogP contribution in [0.1, 0.15) is 11.1 Å². The molecule has 1 heterocycles. The molecule has 3 aromatic carbocycles. The van der Waals surface area contributed by atoms with Gasteiger partial charge in [-0.05, 0) is 65.9 Å². The predicted octanol–water partition coefficient (Wildman–Crippen LogP) is 5.83. The molecule has 0 radical (unpaired) electrons. The van der Waals surface area contributed by atoms with E-state index in [0.29, 0.717) is 38.9 Å². The van der Waals surface area contributed by atoms with E-state index in [9.17, 15) is 4.79 Å². The molecule has 4 rings (SSSR count). The number of para-hydroxylation sites is 1. The Bertz CT molecular complexity index is 1210. The molecule has 33 heavy (non-hydrogen) atoms. The Morgan fingerprint density at radius 3 is 2.45 bits per heavy atom. The molecule has 168 valence electrons. The van der Waals surface area contributed by atoms with Crippen molar-refractivity contribution in [2.45, 2.75) is 6.61 Å². The molecule has 1 aliphatic heterocycles. The maximum atomic E-state index is 12.6. The predicted molar refractivity (Wildman–Crippen MR) is 133 cm³/mol. The first-order chi connectivity index (χ1) is 16.1. The van der Waals surface area contributed by atoms with Crippen molar-refractivity contribution < 1.29 is 19.0 Å². The zero-order chi connectivity index (χ0) is 23.2. The summed E-state index contributed by atoms with van der Waals surface area (Å²) in [6.07, 6.45) is 1.77. The number of hydrogen-bond acceptors (Lipinski definition) is 6. The minimum atomic E-state index is -0.223. The highest BCUT2D eigenvalue weighted by Gasteiger charge is 2.24. The molecule has 1 aliphatic rings. The standard InChI is InChI=1S/C25H21ClN2O4S/c1-30-20-12-10-19(11-13-20)27-25-28-24(29)22(33-25)14-17-4-3-5-21(31-2)23(17)32-15-16-6-8-18(26)9-7-16/h3-14H,15H2,1-2H3,(H,27,28,29). The van der Waals surface area contributed by atoms with Gasteiger partial charge in [0, 0.05) is 10.6 Å². The lowest BCUT2D eigenvalue weighted by atomic mass is 10.1. The molecule has 6 nitrogen and oxygen atoms in total. The van der Waals surface area contributed by atoms with Crippen molar-refractivity contribution in [2.24, 2.45) is 4.99 Å². The summed E-state index contributed by atoms with van der Waals surface area (Å²) in [4.78, 5) is 17.6. The summed E-state index contributed by atoms with van der Waals surface area (Å²) in [5, 5.41) is 3.97. The number of aliphatic imine (C=N–C) groups is 1.